The summed E-state index contributed by atoms with van der Waals surface area (Å²) in [6.07, 6.45) is 1.92. The Morgan fingerprint density at radius 3 is 2.30 bits per heavy atom. The van der Waals surface area contributed by atoms with Crippen LogP contribution >= 0.6 is 24.0 Å². The van der Waals surface area contributed by atoms with Crippen molar-refractivity contribution in [3.8, 4) is 5.75 Å². The number of guanidine groups is 1. The van der Waals surface area contributed by atoms with Gasteiger partial charge in [0.05, 0.1) is 13.7 Å². The van der Waals surface area contributed by atoms with Gasteiger partial charge in [-0.15, -0.1) is 24.0 Å². The zero-order chi connectivity index (χ0) is 19.4. The quantitative estimate of drug-likeness (QED) is 0.237. The molecule has 0 aliphatic carbocycles. The van der Waals surface area contributed by atoms with E-state index < -0.39 is 0 Å². The molecule has 0 aliphatic rings. The molecule has 0 aliphatic heterocycles. The van der Waals surface area contributed by atoms with Crippen LogP contribution in [-0.2, 0) is 11.2 Å². The van der Waals surface area contributed by atoms with Crippen molar-refractivity contribution >= 4 is 35.8 Å². The van der Waals surface area contributed by atoms with Crippen molar-refractivity contribution in [3.63, 3.8) is 0 Å². The molecular formula is C20H35IN4O2. The van der Waals surface area contributed by atoms with Crippen LogP contribution in [0.25, 0.3) is 0 Å². The van der Waals surface area contributed by atoms with Gasteiger partial charge in [-0.05, 0) is 51.3 Å². The minimum atomic E-state index is 0. The van der Waals surface area contributed by atoms with Crippen molar-refractivity contribution in [3.05, 3.63) is 29.8 Å². The van der Waals surface area contributed by atoms with Crippen LogP contribution in [0.15, 0.2) is 29.3 Å². The lowest BCUT2D eigenvalue weighted by Crippen LogP contribution is -2.45. The van der Waals surface area contributed by atoms with Gasteiger partial charge in [0.2, 0.25) is 5.91 Å². The standard InChI is InChI=1S/C20H34N4O2.HI/c1-6-21-20(23(4)16-19(25)24(7-2)8-3)22-15-9-10-17-11-13-18(26-5)14-12-17;/h11-14H,6-10,15-16H2,1-5H3,(H,21,22);1H. The van der Waals surface area contributed by atoms with Crippen LogP contribution in [-0.4, -0.2) is 68.5 Å². The van der Waals surface area contributed by atoms with Gasteiger partial charge in [0.25, 0.3) is 0 Å². The number of nitrogens with zero attached hydrogens (tertiary/aromatic N) is 3. The molecule has 0 heterocycles. The second-order valence-corrected chi connectivity index (χ2v) is 6.11. The van der Waals surface area contributed by atoms with Gasteiger partial charge in [-0.3, -0.25) is 9.79 Å². The fourth-order valence-corrected chi connectivity index (χ4v) is 2.68. The van der Waals surface area contributed by atoms with E-state index in [1.807, 2.05) is 49.8 Å². The van der Waals surface area contributed by atoms with Gasteiger partial charge in [-0.25, -0.2) is 0 Å². The number of hydrogen-bond donors (Lipinski definition) is 1. The molecule has 1 N–H and O–H groups in total. The van der Waals surface area contributed by atoms with Crippen LogP contribution in [0.3, 0.4) is 0 Å². The Hall–Kier alpha value is -1.51. The number of methoxy groups -OCH3 is 1. The monoisotopic (exact) mass is 490 g/mol. The lowest BCUT2D eigenvalue weighted by Gasteiger charge is -2.25. The number of nitrogens with one attached hydrogen (secondary N) is 1. The third-order valence-corrected chi connectivity index (χ3v) is 4.23. The summed E-state index contributed by atoms with van der Waals surface area (Å²) in [5.74, 6) is 1.78. The second-order valence-electron chi connectivity index (χ2n) is 6.11. The molecule has 1 rings (SSSR count). The van der Waals surface area contributed by atoms with Gasteiger partial charge in [-0.1, -0.05) is 12.1 Å². The van der Waals surface area contributed by atoms with E-state index in [2.05, 4.69) is 22.4 Å². The summed E-state index contributed by atoms with van der Waals surface area (Å²) in [7, 11) is 3.58. The molecule has 1 amide bonds. The summed E-state index contributed by atoms with van der Waals surface area (Å²) in [5, 5.41) is 3.27. The first-order chi connectivity index (χ1) is 12.5. The predicted molar refractivity (Wildman–Crippen MR) is 123 cm³/mol. The number of halogens is 1. The van der Waals surface area contributed by atoms with E-state index >= 15 is 0 Å². The van der Waals surface area contributed by atoms with E-state index in [9.17, 15) is 4.79 Å². The molecule has 0 atom stereocenters. The van der Waals surface area contributed by atoms with Crippen LogP contribution < -0.4 is 10.1 Å². The zero-order valence-electron chi connectivity index (χ0n) is 17.3. The number of benzene rings is 1. The molecule has 0 fully saturated rings. The lowest BCUT2D eigenvalue weighted by molar-refractivity contribution is -0.131. The van der Waals surface area contributed by atoms with Crippen molar-refractivity contribution in [2.45, 2.75) is 33.6 Å². The topological polar surface area (TPSA) is 57.2 Å². The highest BCUT2D eigenvalue weighted by atomic mass is 127. The predicted octanol–water partition coefficient (Wildman–Crippen LogP) is 3.01. The molecule has 1 aromatic carbocycles. The number of amides is 1. The minimum Gasteiger partial charge on any atom is -0.497 e. The molecule has 0 spiro atoms. The molecule has 0 saturated carbocycles. The highest BCUT2D eigenvalue weighted by molar-refractivity contribution is 14.0. The zero-order valence-corrected chi connectivity index (χ0v) is 19.7. The molecule has 154 valence electrons. The van der Waals surface area contributed by atoms with E-state index in [1.165, 1.54) is 5.56 Å². The lowest BCUT2D eigenvalue weighted by atomic mass is 10.1. The van der Waals surface area contributed by atoms with Gasteiger partial charge < -0.3 is 19.9 Å². The molecule has 6 nitrogen and oxygen atoms in total. The highest BCUT2D eigenvalue weighted by Gasteiger charge is 2.14. The summed E-state index contributed by atoms with van der Waals surface area (Å²) in [5.41, 5.74) is 1.27. The van der Waals surface area contributed by atoms with Crippen molar-refractivity contribution in [1.82, 2.24) is 15.1 Å². The molecule has 27 heavy (non-hydrogen) atoms. The SMILES string of the molecule is CCNC(=NCCCc1ccc(OC)cc1)N(C)CC(=O)N(CC)CC.I. The number of aryl methyl sites for hydroxylation is 1. The summed E-state index contributed by atoms with van der Waals surface area (Å²) >= 11 is 0. The molecule has 0 unspecified atom stereocenters. The highest BCUT2D eigenvalue weighted by Crippen LogP contribution is 2.12. The Labute approximate surface area is 181 Å². The number of carbonyl (C=O) groups is 1. The third kappa shape index (κ3) is 9.30. The van der Waals surface area contributed by atoms with Crippen molar-refractivity contribution in [2.75, 3.05) is 46.9 Å². The molecule has 0 aromatic heterocycles. The fraction of sp³-hybridized carbons (Fsp3) is 0.600. The van der Waals surface area contributed by atoms with Crippen LogP contribution in [0.5, 0.6) is 5.75 Å². The summed E-state index contributed by atoms with van der Waals surface area (Å²) in [4.78, 5) is 20.7. The van der Waals surface area contributed by atoms with Crippen molar-refractivity contribution in [2.24, 2.45) is 4.99 Å². The van der Waals surface area contributed by atoms with Crippen LogP contribution in [0, 0.1) is 0 Å². The fourth-order valence-electron chi connectivity index (χ4n) is 2.68. The van der Waals surface area contributed by atoms with E-state index in [0.717, 1.165) is 50.7 Å². The Kier molecular flexibility index (Phi) is 13.7. The second kappa shape index (κ2) is 14.5. The third-order valence-electron chi connectivity index (χ3n) is 4.23. The molecule has 1 aromatic rings. The number of carbonyl (C=O) groups excluding carboxylic acids is 1. The van der Waals surface area contributed by atoms with Gasteiger partial charge in [0.15, 0.2) is 5.96 Å². The Morgan fingerprint density at radius 1 is 1.15 bits per heavy atom. The van der Waals surface area contributed by atoms with E-state index in [1.54, 1.807) is 7.11 Å². The maximum atomic E-state index is 12.3. The van der Waals surface area contributed by atoms with Crippen LogP contribution in [0.2, 0.25) is 0 Å². The number of ether oxygens (including phenoxy) is 1. The number of hydrogen-bond acceptors (Lipinski definition) is 3. The van der Waals surface area contributed by atoms with Crippen LogP contribution in [0.4, 0.5) is 0 Å². The number of aliphatic imine (C=N–C) groups is 1. The average molecular weight is 490 g/mol. The number of rotatable bonds is 10. The Morgan fingerprint density at radius 2 is 1.78 bits per heavy atom. The average Bonchev–Trinajstić information content (AvgIpc) is 2.65. The van der Waals surface area contributed by atoms with Crippen LogP contribution in [0.1, 0.15) is 32.8 Å². The van der Waals surface area contributed by atoms with Gasteiger partial charge in [0, 0.05) is 33.2 Å². The van der Waals surface area contributed by atoms with Crippen molar-refractivity contribution < 1.29 is 9.53 Å². The number of likely N-dealkylation sites (N-methyl/N-ethyl adjacent to an activating group) is 2. The van der Waals surface area contributed by atoms with E-state index in [-0.39, 0.29) is 29.9 Å². The normalized spacial score (nSPS) is 10.8. The minimum absolute atomic E-state index is 0. The maximum Gasteiger partial charge on any atom is 0.242 e. The van der Waals surface area contributed by atoms with Gasteiger partial charge in [0.1, 0.15) is 5.75 Å². The Balaban J connectivity index is 0.00000676. The first kappa shape index (κ1) is 25.5. The Bertz CT molecular complexity index is 560. The summed E-state index contributed by atoms with van der Waals surface area (Å²) in [6.45, 7) is 9.34. The van der Waals surface area contributed by atoms with Crippen molar-refractivity contribution in [1.29, 1.82) is 0 Å². The molecule has 0 saturated heterocycles. The molecular weight excluding hydrogens is 455 g/mol. The van der Waals surface area contributed by atoms with E-state index in [0.29, 0.717) is 6.54 Å². The van der Waals surface area contributed by atoms with Gasteiger partial charge in [-0.2, -0.15) is 0 Å². The smallest absolute Gasteiger partial charge is 0.242 e. The molecule has 0 radical (unpaired) electrons. The summed E-state index contributed by atoms with van der Waals surface area (Å²) < 4.78 is 5.18. The summed E-state index contributed by atoms with van der Waals surface area (Å²) in [6, 6.07) is 8.13. The molecule has 7 heteroatoms. The maximum absolute atomic E-state index is 12.3. The van der Waals surface area contributed by atoms with E-state index in [4.69, 9.17) is 4.74 Å². The first-order valence-corrected chi connectivity index (χ1v) is 9.45. The van der Waals surface area contributed by atoms with Gasteiger partial charge >= 0.3 is 0 Å². The first-order valence-electron chi connectivity index (χ1n) is 9.45. The molecule has 0 bridgehead atoms. The largest absolute Gasteiger partial charge is 0.497 e.